The minimum atomic E-state index is 1.09. The van der Waals surface area contributed by atoms with Crippen LogP contribution in [0.15, 0.2) is 0 Å². The molecule has 3 aliphatic heterocycles. The Morgan fingerprint density at radius 3 is 0.360 bits per heavy atom. The van der Waals surface area contributed by atoms with Gasteiger partial charge in [-0.1, -0.05) is 0 Å². The fraction of sp³-hybridized carbons (Fsp3) is 1.00. The Morgan fingerprint density at radius 1 is 0.200 bits per heavy atom. The van der Waals surface area contributed by atoms with Gasteiger partial charge in [0.15, 0.2) is 0 Å². The van der Waals surface area contributed by atoms with Crippen LogP contribution in [0, 0.1) is 30.4 Å². The van der Waals surface area contributed by atoms with Crippen LogP contribution in [0.3, 0.4) is 0 Å². The van der Waals surface area contributed by atoms with Crippen molar-refractivity contribution in [2.75, 3.05) is 157 Å². The van der Waals surface area contributed by atoms with E-state index in [0.29, 0.717) is 0 Å². The summed E-state index contributed by atoms with van der Waals surface area (Å²) in [6.07, 6.45) is 7.33. The average Bonchev–Trinajstić information content (AvgIpc) is 3.18. The van der Waals surface area contributed by atoms with Crippen molar-refractivity contribution >= 4 is 10.1 Å². The maximum atomic E-state index is 4.33. The van der Waals surface area contributed by atoms with Crippen molar-refractivity contribution in [1.82, 2.24) is 63.8 Å². The minimum absolute atomic E-state index is 1.09. The average molecular weight is 982 g/mol. The molecule has 3 rings (SSSR count). The zero-order valence-electron chi connectivity index (χ0n) is 30.1. The molecular weight excluding hydrogens is 906 g/mol. The SMILES string of the molecule is C1CNCCNCCCNCCNC1.C1CNCCNCCCNCCNC1.C1CNCCNCCCNCCNC1.[ClH+][Co+].[ClH+][Co+].[ClH+][Co+].[Cl][Co+]. The quantitative estimate of drug-likeness (QED) is 0.123. The fourth-order valence-corrected chi connectivity index (χ4v) is 4.59. The Hall–Kier alpha value is 2.71. The van der Waals surface area contributed by atoms with Crippen LogP contribution >= 0.6 is 10.1 Å². The summed E-state index contributed by atoms with van der Waals surface area (Å²) in [6.45, 7) is 26.6. The Kier molecular flexibility index (Phi) is 79.0. The molecule has 0 saturated carbocycles. The van der Waals surface area contributed by atoms with Gasteiger partial charge in [0, 0.05) is 78.5 Å². The zero-order chi connectivity index (χ0) is 37.7. The van der Waals surface area contributed by atoms with Crippen LogP contribution in [0.4, 0.5) is 0 Å². The molecule has 0 aliphatic carbocycles. The second-order valence-electron chi connectivity index (χ2n) is 11.1. The molecule has 0 radical (unpaired) electrons. The van der Waals surface area contributed by atoms with Gasteiger partial charge < -0.3 is 63.8 Å². The number of nitrogens with one attached hydrogen (secondary N) is 12. The fourth-order valence-electron chi connectivity index (χ4n) is 4.59. The molecule has 0 amide bonds. The van der Waals surface area contributed by atoms with E-state index in [9.17, 15) is 0 Å². The van der Waals surface area contributed by atoms with Gasteiger partial charge >= 0.3 is 99.9 Å². The molecule has 20 heteroatoms. The molecule has 3 fully saturated rings. The molecular formula is C30H75Cl4Co4N12+7. The van der Waals surface area contributed by atoms with E-state index >= 15 is 0 Å². The Balaban J connectivity index is -0.000000287. The summed E-state index contributed by atoms with van der Waals surface area (Å²) in [5, 5.41) is 41.1. The summed E-state index contributed by atoms with van der Waals surface area (Å²) in [4.78, 5) is 0. The normalized spacial score (nSPS) is 20.6. The van der Waals surface area contributed by atoms with Crippen molar-refractivity contribution in [3.8, 4) is 0 Å². The third kappa shape index (κ3) is 62.7. The second kappa shape index (κ2) is 66.5. The van der Waals surface area contributed by atoms with E-state index in [0.717, 1.165) is 157 Å². The number of halogens is 4. The second-order valence-corrected chi connectivity index (χ2v) is 11.1. The molecule has 3 heterocycles. The van der Waals surface area contributed by atoms with Crippen LogP contribution < -0.4 is 63.8 Å². The first-order valence-electron chi connectivity index (χ1n) is 18.0. The molecule has 3 aliphatic rings. The van der Waals surface area contributed by atoms with Gasteiger partial charge in [0.2, 0.25) is 0 Å². The first-order valence-corrected chi connectivity index (χ1v) is 24.1. The van der Waals surface area contributed by atoms with E-state index in [1.165, 1.54) is 38.5 Å². The van der Waals surface area contributed by atoms with Crippen molar-refractivity contribution < 1.29 is 89.8 Å². The van der Waals surface area contributed by atoms with Gasteiger partial charge in [-0.05, 0) is 117 Å². The van der Waals surface area contributed by atoms with Gasteiger partial charge in [0.05, 0.1) is 0 Å². The molecule has 0 aromatic heterocycles. The molecule has 312 valence electrons. The molecule has 0 aromatic rings. The predicted octanol–water partition coefficient (Wildman–Crippen LogP) is -2.71. The van der Waals surface area contributed by atoms with Gasteiger partial charge in [-0.25, -0.2) is 0 Å². The van der Waals surface area contributed by atoms with E-state index in [1.54, 1.807) is 0 Å². The molecule has 0 atom stereocenters. The van der Waals surface area contributed by atoms with E-state index < -0.39 is 0 Å². The van der Waals surface area contributed by atoms with Gasteiger partial charge in [-0.3, -0.25) is 0 Å². The number of hydrogen-bond acceptors (Lipinski definition) is 12. The third-order valence-electron chi connectivity index (χ3n) is 7.11. The molecule has 3 saturated heterocycles. The van der Waals surface area contributed by atoms with E-state index in [4.69, 9.17) is 0 Å². The van der Waals surface area contributed by atoms with E-state index in [1.807, 2.05) is 0 Å². The summed E-state index contributed by atoms with van der Waals surface area (Å²) >= 11 is 12.5. The summed E-state index contributed by atoms with van der Waals surface area (Å²) in [5.41, 5.74) is 0. The van der Waals surface area contributed by atoms with Crippen LogP contribution in [-0.2, 0) is 59.3 Å². The van der Waals surface area contributed by atoms with Crippen molar-refractivity contribution in [2.45, 2.75) is 38.5 Å². The Morgan fingerprint density at radius 2 is 0.280 bits per heavy atom. The van der Waals surface area contributed by atoms with Crippen molar-refractivity contribution in [1.29, 1.82) is 0 Å². The topological polar surface area (TPSA) is 144 Å². The monoisotopic (exact) mass is 979 g/mol. The number of rotatable bonds is 0. The van der Waals surface area contributed by atoms with Crippen molar-refractivity contribution in [2.24, 2.45) is 0 Å². The predicted molar refractivity (Wildman–Crippen MR) is 192 cm³/mol. The van der Waals surface area contributed by atoms with Crippen LogP contribution in [0.5, 0.6) is 0 Å². The first-order chi connectivity index (χ1) is 25.0. The molecule has 12 N–H and O–H groups in total. The first kappa shape index (κ1) is 59.4. The van der Waals surface area contributed by atoms with Crippen molar-refractivity contribution in [3.63, 3.8) is 0 Å². The Bertz CT molecular complexity index is 302. The molecule has 0 spiro atoms. The molecule has 0 unspecified atom stereocenters. The van der Waals surface area contributed by atoms with Crippen LogP contribution in [-0.4, -0.2) is 157 Å². The van der Waals surface area contributed by atoms with Crippen molar-refractivity contribution in [3.05, 3.63) is 0 Å². The maximum absolute atomic E-state index is 4.33. The summed E-state index contributed by atoms with van der Waals surface area (Å²) in [7, 11) is 15.6. The van der Waals surface area contributed by atoms with Gasteiger partial charge in [-0.2, -0.15) is 0 Å². The van der Waals surface area contributed by atoms with Gasteiger partial charge in [-0.15, -0.1) is 0 Å². The molecule has 12 nitrogen and oxygen atoms in total. The summed E-state index contributed by atoms with van der Waals surface area (Å²) < 4.78 is 0. The van der Waals surface area contributed by atoms with Crippen LogP contribution in [0.2, 0.25) is 0 Å². The molecule has 0 bridgehead atoms. The Labute approximate surface area is 356 Å². The van der Waals surface area contributed by atoms with Crippen LogP contribution in [0.25, 0.3) is 0 Å². The van der Waals surface area contributed by atoms with E-state index in [-0.39, 0.29) is 0 Å². The molecule has 50 heavy (non-hydrogen) atoms. The van der Waals surface area contributed by atoms with Gasteiger partial charge in [0.25, 0.3) is 0 Å². The van der Waals surface area contributed by atoms with Gasteiger partial charge in [0.1, 0.15) is 0 Å². The molecule has 0 aromatic carbocycles. The summed E-state index contributed by atoms with van der Waals surface area (Å²) in [6, 6.07) is 0. The van der Waals surface area contributed by atoms with Crippen LogP contribution in [0.1, 0.15) is 38.5 Å². The third-order valence-corrected chi connectivity index (χ3v) is 7.11. The zero-order valence-corrected chi connectivity index (χ0v) is 37.5. The summed E-state index contributed by atoms with van der Waals surface area (Å²) in [5.74, 6) is 0. The van der Waals surface area contributed by atoms with E-state index in [2.05, 4.69) is 164 Å². The standard InChI is InChI=1S/3C10H24N4.4ClH.4Co/c3*1-3-11-7-9-13-5-2-6-14-10-8-12-4-1;;;;;;;;/h3*11-14H,1-10H2;4*1H;;;;/q;;;;;;;4*+2/p-1. The number of hydrogen-bond donors (Lipinski definition) is 12.